The van der Waals surface area contributed by atoms with Crippen LogP contribution in [0.2, 0.25) is 0 Å². The maximum absolute atomic E-state index is 13.6. The number of carbonyl (C=O) groups is 4. The van der Waals surface area contributed by atoms with E-state index in [4.69, 9.17) is 9.84 Å². The second kappa shape index (κ2) is 22.1. The molecule has 6 aromatic rings. The number of pyridine rings is 2. The Hall–Kier alpha value is -6.92. The van der Waals surface area contributed by atoms with Crippen molar-refractivity contribution < 1.29 is 46.6 Å². The van der Waals surface area contributed by atoms with Crippen molar-refractivity contribution in [1.82, 2.24) is 40.2 Å². The molecule has 0 amide bonds. The number of Topliss-reactive ketones (excluding diaryl/α,β-unsaturated/α-hetero) is 2. The van der Waals surface area contributed by atoms with Crippen LogP contribution in [0.1, 0.15) is 29.4 Å². The summed E-state index contributed by atoms with van der Waals surface area (Å²) in [5, 5.41) is 23.4. The Labute approximate surface area is 354 Å². The van der Waals surface area contributed by atoms with Crippen molar-refractivity contribution in [2.24, 2.45) is 14.1 Å². The Balaban J connectivity index is 0.000000235. The zero-order chi connectivity index (χ0) is 44.8. The third-order valence-corrected chi connectivity index (χ3v) is 9.54. The van der Waals surface area contributed by atoms with E-state index in [-0.39, 0.29) is 50.4 Å². The van der Waals surface area contributed by atoms with Gasteiger partial charge in [-0.3, -0.25) is 49.1 Å². The highest BCUT2D eigenvalue weighted by atomic mass is 19.2. The van der Waals surface area contributed by atoms with E-state index in [1.165, 1.54) is 12.1 Å². The first-order chi connectivity index (χ1) is 29.7. The Morgan fingerprint density at radius 1 is 0.629 bits per heavy atom. The molecule has 0 spiro atoms. The van der Waals surface area contributed by atoms with Gasteiger partial charge in [-0.2, -0.15) is 10.2 Å². The highest BCUT2D eigenvalue weighted by Gasteiger charge is 2.24. The molecule has 0 saturated heterocycles. The van der Waals surface area contributed by atoms with E-state index in [0.717, 1.165) is 35.4 Å². The lowest BCUT2D eigenvalue weighted by atomic mass is 9.99. The minimum absolute atomic E-state index is 0.00442. The predicted molar refractivity (Wildman–Crippen MR) is 218 cm³/mol. The number of esters is 1. The quantitative estimate of drug-likeness (QED) is 0.0750. The molecule has 0 unspecified atom stereocenters. The normalized spacial score (nSPS) is 11.9. The van der Waals surface area contributed by atoms with E-state index in [9.17, 15) is 36.7 Å². The summed E-state index contributed by atoms with van der Waals surface area (Å²) < 4.78 is 61.7. The van der Waals surface area contributed by atoms with Crippen molar-refractivity contribution in [2.75, 3.05) is 19.7 Å². The molecular weight excluding hydrogens is 813 g/mol. The number of nitrogens with one attached hydrogen (secondary N) is 2. The number of hydrogen-bond donors (Lipinski definition) is 3. The molecule has 0 bridgehead atoms. The van der Waals surface area contributed by atoms with Gasteiger partial charge < -0.3 is 9.84 Å². The van der Waals surface area contributed by atoms with E-state index in [0.29, 0.717) is 33.9 Å². The average Bonchev–Trinajstić information content (AvgIpc) is 3.81. The molecule has 4 aromatic heterocycles. The van der Waals surface area contributed by atoms with Gasteiger partial charge in [0.15, 0.2) is 34.8 Å². The van der Waals surface area contributed by atoms with Crippen LogP contribution in [0.3, 0.4) is 0 Å². The summed E-state index contributed by atoms with van der Waals surface area (Å²) >= 11 is 0. The lowest BCUT2D eigenvalue weighted by molar-refractivity contribution is -0.142. The lowest BCUT2D eigenvalue weighted by Crippen LogP contribution is -2.42. The molecule has 0 saturated carbocycles. The molecule has 14 nitrogen and oxygen atoms in total. The molecule has 4 heterocycles. The number of hydrogen-bond acceptors (Lipinski definition) is 11. The van der Waals surface area contributed by atoms with E-state index in [1.54, 1.807) is 73.4 Å². The molecule has 2 aromatic carbocycles. The number of aryl methyl sites for hydroxylation is 2. The van der Waals surface area contributed by atoms with Crippen LogP contribution < -0.4 is 10.6 Å². The van der Waals surface area contributed by atoms with Crippen molar-refractivity contribution in [1.29, 1.82) is 0 Å². The standard InChI is InChI=1S/C23H24F2N4O3.C21H20F2N4O3/c1-3-32-23(31)14-27-21(11-15-4-5-18(24)19(25)10-15)22(30)13-17-12-20(28-29(17)2)16-6-8-26-9-7-16;1-27-15(10-18(26-27)14-4-6-24-7-5-14)11-20(28)19(25-12-21(29)30)9-13-2-3-16(22)17(23)8-13/h4-10,12,21,27H,3,11,13-14H2,1-2H3;2-8,10,19,25H,9,11-12H2,1H3,(H,29,30)/t21-;19-/m00/s1. The SMILES string of the molecule is CCOC(=O)CN[C@@H](Cc1ccc(F)c(F)c1)C(=O)Cc1cc(-c2ccncc2)nn1C.Cn1nc(-c2ccncc2)cc1CC(=O)[C@H](Cc1ccc(F)c(F)c1)NCC(=O)O. The fourth-order valence-electron chi connectivity index (χ4n) is 6.31. The van der Waals surface area contributed by atoms with Gasteiger partial charge in [-0.15, -0.1) is 0 Å². The Kier molecular flexibility index (Phi) is 16.4. The second-order valence-electron chi connectivity index (χ2n) is 14.0. The first-order valence-corrected chi connectivity index (χ1v) is 19.3. The average molecular weight is 857 g/mol. The number of rotatable bonds is 19. The van der Waals surface area contributed by atoms with Crippen LogP contribution in [0.15, 0.2) is 97.6 Å². The van der Waals surface area contributed by atoms with Gasteiger partial charge in [0.1, 0.15) is 0 Å². The van der Waals surface area contributed by atoms with Crippen LogP contribution >= 0.6 is 0 Å². The molecule has 2 atom stereocenters. The van der Waals surface area contributed by atoms with Crippen molar-refractivity contribution in [3.8, 4) is 22.5 Å². The van der Waals surface area contributed by atoms with Gasteiger partial charge in [0.25, 0.3) is 0 Å². The van der Waals surface area contributed by atoms with Crippen LogP contribution in [-0.4, -0.2) is 89.9 Å². The Morgan fingerprint density at radius 3 is 1.44 bits per heavy atom. The number of aromatic nitrogens is 6. The highest BCUT2D eigenvalue weighted by Crippen LogP contribution is 2.21. The minimum atomic E-state index is -1.13. The number of ketones is 2. The van der Waals surface area contributed by atoms with Gasteiger partial charge in [0.05, 0.1) is 56.0 Å². The monoisotopic (exact) mass is 856 g/mol. The number of benzene rings is 2. The third-order valence-electron chi connectivity index (χ3n) is 9.54. The van der Waals surface area contributed by atoms with E-state index in [2.05, 4.69) is 30.8 Å². The van der Waals surface area contributed by atoms with E-state index >= 15 is 0 Å². The van der Waals surface area contributed by atoms with E-state index < -0.39 is 53.8 Å². The maximum Gasteiger partial charge on any atom is 0.319 e. The van der Waals surface area contributed by atoms with Gasteiger partial charge >= 0.3 is 11.9 Å². The lowest BCUT2D eigenvalue weighted by Gasteiger charge is -2.18. The summed E-state index contributed by atoms with van der Waals surface area (Å²) in [6.07, 6.45) is 6.75. The minimum Gasteiger partial charge on any atom is -0.480 e. The first-order valence-electron chi connectivity index (χ1n) is 19.3. The smallest absolute Gasteiger partial charge is 0.319 e. The number of nitrogens with zero attached hydrogens (tertiary/aromatic N) is 6. The summed E-state index contributed by atoms with van der Waals surface area (Å²) in [4.78, 5) is 56.7. The molecule has 0 aliphatic heterocycles. The van der Waals surface area contributed by atoms with E-state index in [1.807, 2.05) is 18.2 Å². The number of halogens is 4. The molecule has 0 fully saturated rings. The number of aliphatic carboxylic acids is 1. The van der Waals surface area contributed by atoms with Crippen LogP contribution in [0.4, 0.5) is 17.6 Å². The van der Waals surface area contributed by atoms with Crippen molar-refractivity contribution in [3.05, 3.63) is 143 Å². The Morgan fingerprint density at radius 2 is 1.05 bits per heavy atom. The van der Waals surface area contributed by atoms with Crippen LogP contribution in [0.25, 0.3) is 22.5 Å². The second-order valence-corrected chi connectivity index (χ2v) is 14.0. The zero-order valence-electron chi connectivity index (χ0n) is 34.0. The number of ether oxygens (including phenoxy) is 1. The molecular formula is C44H44F4N8O6. The first kappa shape index (κ1) is 46.2. The number of carbonyl (C=O) groups excluding carboxylic acids is 3. The topological polar surface area (TPSA) is 183 Å². The summed E-state index contributed by atoms with van der Waals surface area (Å²) in [7, 11) is 3.45. The fourth-order valence-corrected chi connectivity index (χ4v) is 6.31. The Bertz CT molecular complexity index is 2480. The molecule has 0 aliphatic carbocycles. The van der Waals surface area contributed by atoms with Crippen molar-refractivity contribution in [3.63, 3.8) is 0 Å². The van der Waals surface area contributed by atoms with Gasteiger partial charge in [-0.25, -0.2) is 17.6 Å². The highest BCUT2D eigenvalue weighted by molar-refractivity contribution is 5.87. The molecule has 62 heavy (non-hydrogen) atoms. The molecule has 6 rings (SSSR count). The largest absolute Gasteiger partial charge is 0.480 e. The summed E-state index contributed by atoms with van der Waals surface area (Å²) in [6.45, 7) is 1.29. The van der Waals surface area contributed by atoms with Gasteiger partial charge in [0.2, 0.25) is 0 Å². The van der Waals surface area contributed by atoms with Crippen LogP contribution in [0, 0.1) is 23.3 Å². The number of carboxylic acid groups (broad SMARTS) is 1. The molecule has 0 aliphatic rings. The van der Waals surface area contributed by atoms with Crippen LogP contribution in [-0.2, 0) is 63.7 Å². The molecule has 3 N–H and O–H groups in total. The van der Waals surface area contributed by atoms with Crippen molar-refractivity contribution >= 4 is 23.5 Å². The molecule has 0 radical (unpaired) electrons. The maximum atomic E-state index is 13.6. The van der Waals surface area contributed by atoms with Crippen molar-refractivity contribution in [2.45, 2.75) is 44.7 Å². The third kappa shape index (κ3) is 13.3. The predicted octanol–water partition coefficient (Wildman–Crippen LogP) is 4.79. The zero-order valence-corrected chi connectivity index (χ0v) is 34.0. The molecule has 18 heteroatoms. The van der Waals surface area contributed by atoms with Gasteiger partial charge in [-0.1, -0.05) is 12.1 Å². The summed E-state index contributed by atoms with van der Waals surface area (Å²) in [6, 6.07) is 16.0. The summed E-state index contributed by atoms with van der Waals surface area (Å²) in [5.41, 5.74) is 5.23. The molecule has 324 valence electrons. The van der Waals surface area contributed by atoms with Crippen LogP contribution in [0.5, 0.6) is 0 Å². The number of carboxylic acids is 1. The fraction of sp³-hybridized carbons (Fsp3) is 0.273. The summed E-state index contributed by atoms with van der Waals surface area (Å²) in [5.74, 6) is -6.10. The van der Waals surface area contributed by atoms with Gasteiger partial charge in [-0.05, 0) is 91.6 Å². The van der Waals surface area contributed by atoms with Gasteiger partial charge in [0, 0.05) is 61.4 Å².